The second-order valence-corrected chi connectivity index (χ2v) is 6.58. The lowest BCUT2D eigenvalue weighted by atomic mass is 9.95. The minimum Gasteiger partial charge on any atom is -0.478 e. The van der Waals surface area contributed by atoms with Gasteiger partial charge < -0.3 is 5.11 Å². The summed E-state index contributed by atoms with van der Waals surface area (Å²) < 4.78 is 0. The standard InChI is InChI=1S/C21H21NO2/c1-12(2)15-6-5-7-16-18(21(23)24)11-19(22-20(15)16)17-10-13(3)8-9-14(17)4/h5-12H,1-4H3,(H,23,24). The van der Waals surface area contributed by atoms with Gasteiger partial charge in [0.05, 0.1) is 16.8 Å². The van der Waals surface area contributed by atoms with Crippen molar-refractivity contribution >= 4 is 16.9 Å². The maximum absolute atomic E-state index is 11.8. The number of hydrogen-bond donors (Lipinski definition) is 1. The van der Waals surface area contributed by atoms with Crippen molar-refractivity contribution < 1.29 is 9.90 Å². The Hall–Kier alpha value is -2.68. The minimum absolute atomic E-state index is 0.275. The fraction of sp³-hybridized carbons (Fsp3) is 0.238. The summed E-state index contributed by atoms with van der Waals surface area (Å²) >= 11 is 0. The molecule has 0 saturated carbocycles. The number of benzene rings is 2. The molecule has 1 heterocycles. The van der Waals surface area contributed by atoms with E-state index in [0.717, 1.165) is 27.8 Å². The van der Waals surface area contributed by atoms with Gasteiger partial charge in [-0.1, -0.05) is 49.7 Å². The Balaban J connectivity index is 2.40. The molecule has 3 aromatic rings. The molecule has 0 aliphatic heterocycles. The molecular formula is C21H21NO2. The Labute approximate surface area is 142 Å². The zero-order chi connectivity index (χ0) is 17.4. The molecule has 1 N–H and O–H groups in total. The zero-order valence-electron chi connectivity index (χ0n) is 14.4. The number of nitrogens with zero attached hydrogens (tertiary/aromatic N) is 1. The SMILES string of the molecule is Cc1ccc(C)c(-c2cc(C(=O)O)c3cccc(C(C)C)c3n2)c1. The first kappa shape index (κ1) is 16.2. The molecule has 0 aliphatic carbocycles. The van der Waals surface area contributed by atoms with E-state index in [1.807, 2.05) is 38.1 Å². The van der Waals surface area contributed by atoms with Gasteiger partial charge >= 0.3 is 5.97 Å². The molecular weight excluding hydrogens is 298 g/mol. The van der Waals surface area contributed by atoms with Gasteiger partial charge in [-0.05, 0) is 43.0 Å². The minimum atomic E-state index is -0.921. The molecule has 0 atom stereocenters. The molecule has 3 rings (SSSR count). The lowest BCUT2D eigenvalue weighted by Gasteiger charge is -2.14. The number of hydrogen-bond acceptors (Lipinski definition) is 2. The molecule has 24 heavy (non-hydrogen) atoms. The van der Waals surface area contributed by atoms with Crippen LogP contribution in [0.2, 0.25) is 0 Å². The van der Waals surface area contributed by atoms with Gasteiger partial charge in [-0.3, -0.25) is 0 Å². The van der Waals surface area contributed by atoms with Gasteiger partial charge in [0.1, 0.15) is 0 Å². The molecule has 0 radical (unpaired) electrons. The average molecular weight is 319 g/mol. The van der Waals surface area contributed by atoms with Crippen molar-refractivity contribution in [2.24, 2.45) is 0 Å². The highest BCUT2D eigenvalue weighted by Gasteiger charge is 2.17. The number of pyridine rings is 1. The van der Waals surface area contributed by atoms with Crippen LogP contribution in [0.1, 0.15) is 46.8 Å². The predicted octanol–water partition coefficient (Wildman–Crippen LogP) is 5.34. The van der Waals surface area contributed by atoms with Gasteiger partial charge in [0.25, 0.3) is 0 Å². The molecule has 0 bridgehead atoms. The lowest BCUT2D eigenvalue weighted by Crippen LogP contribution is -2.03. The Morgan fingerprint density at radius 3 is 2.50 bits per heavy atom. The van der Waals surface area contributed by atoms with Crippen molar-refractivity contribution in [1.82, 2.24) is 4.98 Å². The first-order chi connectivity index (χ1) is 11.4. The molecule has 0 fully saturated rings. The summed E-state index contributed by atoms with van der Waals surface area (Å²) in [5.41, 5.74) is 6.08. The van der Waals surface area contributed by atoms with Gasteiger partial charge in [0.2, 0.25) is 0 Å². The van der Waals surface area contributed by atoms with Crippen LogP contribution in [-0.4, -0.2) is 16.1 Å². The van der Waals surface area contributed by atoms with E-state index in [0.29, 0.717) is 16.6 Å². The predicted molar refractivity (Wildman–Crippen MR) is 97.7 cm³/mol. The molecule has 0 aliphatic rings. The van der Waals surface area contributed by atoms with Crippen LogP contribution >= 0.6 is 0 Å². The van der Waals surface area contributed by atoms with Crippen molar-refractivity contribution in [3.8, 4) is 11.3 Å². The van der Waals surface area contributed by atoms with Gasteiger partial charge in [-0.2, -0.15) is 0 Å². The molecule has 0 unspecified atom stereocenters. The third kappa shape index (κ3) is 2.78. The van der Waals surface area contributed by atoms with Gasteiger partial charge in [-0.15, -0.1) is 0 Å². The highest BCUT2D eigenvalue weighted by molar-refractivity contribution is 6.04. The third-order valence-electron chi connectivity index (χ3n) is 4.39. The van der Waals surface area contributed by atoms with Crippen LogP contribution in [0, 0.1) is 13.8 Å². The van der Waals surface area contributed by atoms with Crippen molar-refractivity contribution in [3.63, 3.8) is 0 Å². The topological polar surface area (TPSA) is 50.2 Å². The molecule has 3 nitrogen and oxygen atoms in total. The monoisotopic (exact) mass is 319 g/mol. The van der Waals surface area contributed by atoms with E-state index < -0.39 is 5.97 Å². The van der Waals surface area contributed by atoms with Crippen molar-refractivity contribution in [2.75, 3.05) is 0 Å². The first-order valence-electron chi connectivity index (χ1n) is 8.13. The fourth-order valence-corrected chi connectivity index (χ4v) is 3.06. The number of aromatic nitrogens is 1. The summed E-state index contributed by atoms with van der Waals surface area (Å²) in [6, 6.07) is 13.6. The number of para-hydroxylation sites is 1. The molecule has 0 spiro atoms. The summed E-state index contributed by atoms with van der Waals surface area (Å²) in [6.45, 7) is 8.25. The number of aryl methyl sites for hydroxylation is 2. The van der Waals surface area contributed by atoms with E-state index in [1.54, 1.807) is 6.07 Å². The number of carbonyl (C=O) groups is 1. The van der Waals surface area contributed by atoms with Crippen LogP contribution in [0.15, 0.2) is 42.5 Å². The van der Waals surface area contributed by atoms with Crippen LogP contribution in [0.4, 0.5) is 0 Å². The van der Waals surface area contributed by atoms with E-state index >= 15 is 0 Å². The maximum atomic E-state index is 11.8. The van der Waals surface area contributed by atoms with Crippen molar-refractivity contribution in [3.05, 3.63) is 64.7 Å². The van der Waals surface area contributed by atoms with E-state index in [9.17, 15) is 9.90 Å². The van der Waals surface area contributed by atoms with Crippen molar-refractivity contribution in [2.45, 2.75) is 33.6 Å². The Morgan fingerprint density at radius 1 is 1.08 bits per heavy atom. The number of carboxylic acids is 1. The van der Waals surface area contributed by atoms with E-state index in [-0.39, 0.29) is 5.92 Å². The molecule has 3 heteroatoms. The van der Waals surface area contributed by atoms with E-state index in [4.69, 9.17) is 4.98 Å². The van der Waals surface area contributed by atoms with Gasteiger partial charge in [0.15, 0.2) is 0 Å². The molecule has 0 saturated heterocycles. The maximum Gasteiger partial charge on any atom is 0.336 e. The van der Waals surface area contributed by atoms with Crippen LogP contribution in [0.25, 0.3) is 22.2 Å². The van der Waals surface area contributed by atoms with Crippen LogP contribution in [-0.2, 0) is 0 Å². The Bertz CT molecular complexity index is 942. The highest BCUT2D eigenvalue weighted by atomic mass is 16.4. The highest BCUT2D eigenvalue weighted by Crippen LogP contribution is 2.31. The van der Waals surface area contributed by atoms with E-state index in [2.05, 4.69) is 26.0 Å². The fourth-order valence-electron chi connectivity index (χ4n) is 3.06. The molecule has 1 aromatic heterocycles. The summed E-state index contributed by atoms with van der Waals surface area (Å²) in [6.07, 6.45) is 0. The van der Waals surface area contributed by atoms with Crippen LogP contribution < -0.4 is 0 Å². The quantitative estimate of drug-likeness (QED) is 0.709. The molecule has 122 valence electrons. The zero-order valence-corrected chi connectivity index (χ0v) is 14.4. The second kappa shape index (κ2) is 6.08. The average Bonchev–Trinajstić information content (AvgIpc) is 2.55. The Morgan fingerprint density at radius 2 is 1.83 bits per heavy atom. The number of rotatable bonds is 3. The first-order valence-corrected chi connectivity index (χ1v) is 8.13. The molecule has 0 amide bonds. The van der Waals surface area contributed by atoms with E-state index in [1.165, 1.54) is 0 Å². The summed E-state index contributed by atoms with van der Waals surface area (Å²) in [5, 5.41) is 10.4. The largest absolute Gasteiger partial charge is 0.478 e. The smallest absolute Gasteiger partial charge is 0.336 e. The van der Waals surface area contributed by atoms with Crippen molar-refractivity contribution in [1.29, 1.82) is 0 Å². The third-order valence-corrected chi connectivity index (χ3v) is 4.39. The second-order valence-electron chi connectivity index (χ2n) is 6.58. The summed E-state index contributed by atoms with van der Waals surface area (Å²) in [7, 11) is 0. The van der Waals surface area contributed by atoms with Gasteiger partial charge in [0, 0.05) is 10.9 Å². The van der Waals surface area contributed by atoms with Crippen LogP contribution in [0.5, 0.6) is 0 Å². The summed E-state index contributed by atoms with van der Waals surface area (Å²) in [5.74, 6) is -0.647. The molecule has 2 aromatic carbocycles. The Kier molecular flexibility index (Phi) is 4.10. The number of aromatic carboxylic acids is 1. The van der Waals surface area contributed by atoms with Crippen LogP contribution in [0.3, 0.4) is 0 Å². The normalized spacial score (nSPS) is 11.2. The summed E-state index contributed by atoms with van der Waals surface area (Å²) in [4.78, 5) is 16.7. The number of carboxylic acid groups (broad SMARTS) is 1. The van der Waals surface area contributed by atoms with Gasteiger partial charge in [-0.25, -0.2) is 9.78 Å². The number of fused-ring (bicyclic) bond motifs is 1. The lowest BCUT2D eigenvalue weighted by molar-refractivity contribution is 0.0699.